The standard InChI is InChI=1S/C14H15N3O4/c1-2-4-11(18)15-9-5-3-6-10(7-9)17-13(20)8-12(19)16-14(17)21/h3,5-8,20H,2,4H2,1H3,(H,15,18)(H,16,19,21). The monoisotopic (exact) mass is 289 g/mol. The summed E-state index contributed by atoms with van der Waals surface area (Å²) in [6.07, 6.45) is 1.12. The SMILES string of the molecule is CCCC(=O)Nc1cccc(-n2c(O)cc(=O)[nH]c2=O)c1. The van der Waals surface area contributed by atoms with Gasteiger partial charge in [-0.2, -0.15) is 0 Å². The molecule has 0 aliphatic rings. The smallest absolute Gasteiger partial charge is 0.335 e. The van der Waals surface area contributed by atoms with E-state index < -0.39 is 17.1 Å². The van der Waals surface area contributed by atoms with Gasteiger partial charge in [0.1, 0.15) is 0 Å². The molecular formula is C14H15N3O4. The Kier molecular flexibility index (Phi) is 4.22. The Morgan fingerprint density at radius 1 is 1.33 bits per heavy atom. The van der Waals surface area contributed by atoms with Gasteiger partial charge in [0.05, 0.1) is 11.8 Å². The number of rotatable bonds is 4. The van der Waals surface area contributed by atoms with Gasteiger partial charge in [-0.15, -0.1) is 0 Å². The van der Waals surface area contributed by atoms with Gasteiger partial charge in [-0.25, -0.2) is 9.36 Å². The first-order chi connectivity index (χ1) is 10.0. The van der Waals surface area contributed by atoms with Crippen molar-refractivity contribution in [2.75, 3.05) is 5.32 Å². The summed E-state index contributed by atoms with van der Waals surface area (Å²) in [6.45, 7) is 1.90. The highest BCUT2D eigenvalue weighted by Crippen LogP contribution is 2.17. The zero-order valence-electron chi connectivity index (χ0n) is 11.4. The number of carbonyl (C=O) groups is 1. The molecule has 3 N–H and O–H groups in total. The molecule has 0 saturated carbocycles. The summed E-state index contributed by atoms with van der Waals surface area (Å²) >= 11 is 0. The summed E-state index contributed by atoms with van der Waals surface area (Å²) in [5.74, 6) is -0.603. The molecule has 0 bridgehead atoms. The van der Waals surface area contributed by atoms with Gasteiger partial charge in [0, 0.05) is 12.1 Å². The van der Waals surface area contributed by atoms with Crippen LogP contribution in [-0.2, 0) is 4.79 Å². The molecule has 1 aromatic heterocycles. The normalized spacial score (nSPS) is 10.3. The highest BCUT2D eigenvalue weighted by molar-refractivity contribution is 5.90. The van der Waals surface area contributed by atoms with Crippen LogP contribution in [0.25, 0.3) is 5.69 Å². The quantitative estimate of drug-likeness (QED) is 0.780. The largest absolute Gasteiger partial charge is 0.494 e. The molecule has 0 unspecified atom stereocenters. The molecular weight excluding hydrogens is 274 g/mol. The minimum absolute atomic E-state index is 0.132. The third kappa shape index (κ3) is 3.38. The first-order valence-corrected chi connectivity index (χ1v) is 6.47. The van der Waals surface area contributed by atoms with Crippen LogP contribution < -0.4 is 16.6 Å². The second-order valence-corrected chi connectivity index (χ2v) is 4.48. The van der Waals surface area contributed by atoms with Crippen LogP contribution in [0.2, 0.25) is 0 Å². The van der Waals surface area contributed by atoms with Crippen LogP contribution in [0.5, 0.6) is 5.88 Å². The molecule has 110 valence electrons. The molecule has 0 aliphatic carbocycles. The average molecular weight is 289 g/mol. The van der Waals surface area contributed by atoms with E-state index in [2.05, 4.69) is 10.3 Å². The van der Waals surface area contributed by atoms with Crippen LogP contribution in [0.15, 0.2) is 39.9 Å². The Labute approximate surface area is 119 Å². The predicted octanol–water partition coefficient (Wildman–Crippen LogP) is 0.970. The number of hydrogen-bond acceptors (Lipinski definition) is 4. The van der Waals surface area contributed by atoms with E-state index in [1.54, 1.807) is 18.2 Å². The number of hydrogen-bond donors (Lipinski definition) is 3. The second-order valence-electron chi connectivity index (χ2n) is 4.48. The first-order valence-electron chi connectivity index (χ1n) is 6.47. The van der Waals surface area contributed by atoms with Gasteiger partial charge in [0.15, 0.2) is 0 Å². The lowest BCUT2D eigenvalue weighted by Crippen LogP contribution is -2.28. The van der Waals surface area contributed by atoms with Crippen molar-refractivity contribution in [3.63, 3.8) is 0 Å². The topological polar surface area (TPSA) is 104 Å². The van der Waals surface area contributed by atoms with Crippen molar-refractivity contribution in [3.05, 3.63) is 51.2 Å². The number of carbonyl (C=O) groups excluding carboxylic acids is 1. The molecule has 1 aromatic carbocycles. The number of aromatic hydroxyl groups is 1. The molecule has 0 spiro atoms. The third-order valence-electron chi connectivity index (χ3n) is 2.79. The van der Waals surface area contributed by atoms with Crippen LogP contribution in [0.4, 0.5) is 5.69 Å². The van der Waals surface area contributed by atoms with Gasteiger partial charge >= 0.3 is 5.69 Å². The highest BCUT2D eigenvalue weighted by Gasteiger charge is 2.08. The van der Waals surface area contributed by atoms with Gasteiger partial charge in [-0.1, -0.05) is 13.0 Å². The van der Waals surface area contributed by atoms with Crippen molar-refractivity contribution < 1.29 is 9.90 Å². The zero-order valence-corrected chi connectivity index (χ0v) is 11.4. The van der Waals surface area contributed by atoms with E-state index in [0.29, 0.717) is 17.8 Å². The Bertz CT molecular complexity index is 776. The number of aromatic amines is 1. The number of nitrogens with one attached hydrogen (secondary N) is 2. The number of amides is 1. The summed E-state index contributed by atoms with van der Waals surface area (Å²) in [7, 11) is 0. The lowest BCUT2D eigenvalue weighted by Gasteiger charge is -2.10. The summed E-state index contributed by atoms with van der Waals surface area (Å²) in [6, 6.07) is 7.32. The molecule has 0 fully saturated rings. The number of aromatic nitrogens is 2. The molecule has 1 heterocycles. The maximum atomic E-state index is 11.8. The molecule has 1 amide bonds. The molecule has 21 heavy (non-hydrogen) atoms. The fraction of sp³-hybridized carbons (Fsp3) is 0.214. The summed E-state index contributed by atoms with van der Waals surface area (Å²) in [4.78, 5) is 36.5. The van der Waals surface area contributed by atoms with Crippen molar-refractivity contribution in [2.45, 2.75) is 19.8 Å². The predicted molar refractivity (Wildman–Crippen MR) is 77.9 cm³/mol. The molecule has 7 nitrogen and oxygen atoms in total. The fourth-order valence-electron chi connectivity index (χ4n) is 1.91. The number of nitrogens with zero attached hydrogens (tertiary/aromatic N) is 1. The Balaban J connectivity index is 2.40. The van der Waals surface area contributed by atoms with Crippen molar-refractivity contribution in [2.24, 2.45) is 0 Å². The summed E-state index contributed by atoms with van der Waals surface area (Å²) in [5.41, 5.74) is -0.593. The van der Waals surface area contributed by atoms with Crippen molar-refractivity contribution in [1.29, 1.82) is 0 Å². The molecule has 0 radical (unpaired) electrons. The number of H-pyrrole nitrogens is 1. The van der Waals surface area contributed by atoms with E-state index in [4.69, 9.17) is 0 Å². The van der Waals surface area contributed by atoms with Crippen molar-refractivity contribution >= 4 is 11.6 Å². The zero-order chi connectivity index (χ0) is 15.4. The molecule has 2 rings (SSSR count). The van der Waals surface area contributed by atoms with E-state index in [0.717, 1.165) is 17.1 Å². The van der Waals surface area contributed by atoms with Crippen molar-refractivity contribution in [3.8, 4) is 11.6 Å². The van der Waals surface area contributed by atoms with Crippen LogP contribution in [0, 0.1) is 0 Å². The van der Waals surface area contributed by atoms with E-state index in [9.17, 15) is 19.5 Å². The van der Waals surface area contributed by atoms with E-state index in [1.807, 2.05) is 6.92 Å². The minimum atomic E-state index is -0.753. The van der Waals surface area contributed by atoms with Gasteiger partial charge < -0.3 is 10.4 Å². The average Bonchev–Trinajstić information content (AvgIpc) is 2.38. The molecule has 0 atom stereocenters. The second kappa shape index (κ2) is 6.08. The lowest BCUT2D eigenvalue weighted by molar-refractivity contribution is -0.116. The molecule has 0 aliphatic heterocycles. The first kappa shape index (κ1) is 14.6. The van der Waals surface area contributed by atoms with Crippen molar-refractivity contribution in [1.82, 2.24) is 9.55 Å². The van der Waals surface area contributed by atoms with Gasteiger partial charge in [0.2, 0.25) is 11.8 Å². The molecule has 7 heteroatoms. The summed E-state index contributed by atoms with van der Waals surface area (Å²) in [5, 5.41) is 12.4. The van der Waals surface area contributed by atoms with E-state index >= 15 is 0 Å². The highest BCUT2D eigenvalue weighted by atomic mass is 16.3. The minimum Gasteiger partial charge on any atom is -0.494 e. The van der Waals surface area contributed by atoms with E-state index in [1.165, 1.54) is 6.07 Å². The summed E-state index contributed by atoms with van der Waals surface area (Å²) < 4.78 is 0.941. The Morgan fingerprint density at radius 2 is 2.10 bits per heavy atom. The van der Waals surface area contributed by atoms with Gasteiger partial charge in [0.25, 0.3) is 5.56 Å². The van der Waals surface area contributed by atoms with Gasteiger partial charge in [-0.05, 0) is 24.6 Å². The van der Waals surface area contributed by atoms with E-state index in [-0.39, 0.29) is 5.91 Å². The number of anilines is 1. The number of benzene rings is 1. The van der Waals surface area contributed by atoms with Gasteiger partial charge in [-0.3, -0.25) is 14.6 Å². The Hall–Kier alpha value is -2.83. The van der Waals surface area contributed by atoms with Crippen LogP contribution in [0.3, 0.4) is 0 Å². The fourth-order valence-corrected chi connectivity index (χ4v) is 1.91. The lowest BCUT2D eigenvalue weighted by atomic mass is 10.2. The Morgan fingerprint density at radius 3 is 2.76 bits per heavy atom. The van der Waals surface area contributed by atoms with Crippen LogP contribution >= 0.6 is 0 Å². The third-order valence-corrected chi connectivity index (χ3v) is 2.79. The van der Waals surface area contributed by atoms with Crippen LogP contribution in [-0.4, -0.2) is 20.6 Å². The molecule has 2 aromatic rings. The maximum Gasteiger partial charge on any atom is 0.335 e. The molecule has 0 saturated heterocycles. The maximum absolute atomic E-state index is 11.8. The van der Waals surface area contributed by atoms with Crippen LogP contribution in [0.1, 0.15) is 19.8 Å².